The minimum absolute atomic E-state index is 0.134. The van der Waals surface area contributed by atoms with Gasteiger partial charge in [-0.25, -0.2) is 9.89 Å². The Labute approximate surface area is 80.1 Å². The van der Waals surface area contributed by atoms with Crippen LogP contribution in [0.3, 0.4) is 0 Å². The van der Waals surface area contributed by atoms with Gasteiger partial charge in [0.05, 0.1) is 0 Å². The van der Waals surface area contributed by atoms with Crippen LogP contribution < -0.4 is 10.6 Å². The van der Waals surface area contributed by atoms with Gasteiger partial charge in [-0.3, -0.25) is 5.32 Å². The summed E-state index contributed by atoms with van der Waals surface area (Å²) >= 11 is 0. The topological polar surface area (TPSA) is 116 Å². The Morgan fingerprint density at radius 3 is 3.00 bits per heavy atom. The van der Waals surface area contributed by atoms with E-state index in [0.717, 1.165) is 6.42 Å². The Kier molecular flexibility index (Phi) is 4.35. The number of nitrogens with zero attached hydrogens (tertiary/aromatic N) is 3. The van der Waals surface area contributed by atoms with Gasteiger partial charge in [0, 0.05) is 13.2 Å². The number of hydrogen-bond donors (Lipinski definition) is 4. The van der Waals surface area contributed by atoms with Gasteiger partial charge in [0.2, 0.25) is 5.95 Å². The molecule has 1 heterocycles. The zero-order valence-corrected chi connectivity index (χ0v) is 7.53. The molecule has 1 rings (SSSR count). The van der Waals surface area contributed by atoms with Gasteiger partial charge in [-0.05, 0) is 23.3 Å². The number of rotatable bonds is 5. The van der Waals surface area contributed by atoms with Gasteiger partial charge in [0.1, 0.15) is 0 Å². The Bertz CT molecular complexity index is 261. The molecule has 0 aliphatic rings. The molecule has 1 aromatic heterocycles. The fraction of sp³-hybridized carbons (Fsp3) is 0.667. The number of carbonyl (C=O) groups is 1. The standard InChI is InChI=1S/C6H12N6O2/c13-4-2-1-3-7-6(14)8-5-9-11-12-10-5/h13H,1-4H2,(H3,7,8,9,10,11,12,14). The summed E-state index contributed by atoms with van der Waals surface area (Å²) in [5, 5.41) is 25.9. The number of urea groups is 1. The van der Waals surface area contributed by atoms with E-state index >= 15 is 0 Å². The molecule has 14 heavy (non-hydrogen) atoms. The van der Waals surface area contributed by atoms with Crippen molar-refractivity contribution in [3.8, 4) is 0 Å². The second-order valence-corrected chi connectivity index (χ2v) is 2.56. The van der Waals surface area contributed by atoms with E-state index in [1.807, 2.05) is 0 Å². The van der Waals surface area contributed by atoms with Crippen molar-refractivity contribution >= 4 is 12.0 Å². The molecule has 0 aliphatic carbocycles. The van der Waals surface area contributed by atoms with E-state index in [-0.39, 0.29) is 18.6 Å². The lowest BCUT2D eigenvalue weighted by atomic mass is 10.3. The summed E-state index contributed by atoms with van der Waals surface area (Å²) in [5.74, 6) is 0.199. The lowest BCUT2D eigenvalue weighted by Crippen LogP contribution is -2.30. The van der Waals surface area contributed by atoms with Gasteiger partial charge in [-0.1, -0.05) is 5.10 Å². The van der Waals surface area contributed by atoms with E-state index in [1.54, 1.807) is 0 Å². The highest BCUT2D eigenvalue weighted by Gasteiger charge is 2.02. The van der Waals surface area contributed by atoms with Crippen LogP contribution in [0.4, 0.5) is 10.7 Å². The Hall–Kier alpha value is -1.70. The number of aliphatic hydroxyl groups is 1. The summed E-state index contributed by atoms with van der Waals surface area (Å²) in [6, 6.07) is -0.374. The number of unbranched alkanes of at least 4 members (excludes halogenated alkanes) is 1. The molecule has 0 aliphatic heterocycles. The van der Waals surface area contributed by atoms with Crippen LogP contribution >= 0.6 is 0 Å². The molecule has 0 atom stereocenters. The third-order valence-corrected chi connectivity index (χ3v) is 1.45. The van der Waals surface area contributed by atoms with Crippen molar-refractivity contribution in [2.45, 2.75) is 12.8 Å². The van der Waals surface area contributed by atoms with E-state index < -0.39 is 0 Å². The van der Waals surface area contributed by atoms with E-state index in [4.69, 9.17) is 5.11 Å². The first-order valence-corrected chi connectivity index (χ1v) is 4.22. The largest absolute Gasteiger partial charge is 0.396 e. The average Bonchev–Trinajstić information content (AvgIpc) is 2.65. The molecule has 0 spiro atoms. The number of tetrazole rings is 1. The number of carbonyl (C=O) groups excluding carboxylic acids is 1. The van der Waals surface area contributed by atoms with Gasteiger partial charge >= 0.3 is 6.03 Å². The number of aromatic nitrogens is 4. The van der Waals surface area contributed by atoms with Crippen molar-refractivity contribution in [1.82, 2.24) is 25.9 Å². The van der Waals surface area contributed by atoms with Crippen LogP contribution in [0, 0.1) is 0 Å². The highest BCUT2D eigenvalue weighted by Crippen LogP contribution is 1.89. The first-order chi connectivity index (χ1) is 6.83. The number of anilines is 1. The third kappa shape index (κ3) is 3.81. The molecule has 78 valence electrons. The maximum atomic E-state index is 11.1. The predicted octanol–water partition coefficient (Wildman–Crippen LogP) is -0.906. The van der Waals surface area contributed by atoms with E-state index in [2.05, 4.69) is 31.3 Å². The summed E-state index contributed by atoms with van der Waals surface area (Å²) in [4.78, 5) is 11.1. The van der Waals surface area contributed by atoms with Crippen molar-refractivity contribution in [1.29, 1.82) is 0 Å². The number of amides is 2. The third-order valence-electron chi connectivity index (χ3n) is 1.45. The Morgan fingerprint density at radius 2 is 2.36 bits per heavy atom. The number of H-pyrrole nitrogens is 1. The summed E-state index contributed by atoms with van der Waals surface area (Å²) in [6.45, 7) is 0.642. The molecule has 0 aromatic carbocycles. The molecule has 8 nitrogen and oxygen atoms in total. The normalized spacial score (nSPS) is 9.79. The molecule has 8 heteroatoms. The summed E-state index contributed by atoms with van der Waals surface area (Å²) in [5.41, 5.74) is 0. The summed E-state index contributed by atoms with van der Waals surface area (Å²) < 4.78 is 0. The highest BCUT2D eigenvalue weighted by atomic mass is 16.3. The zero-order chi connectivity index (χ0) is 10.2. The van der Waals surface area contributed by atoms with Gasteiger partial charge in [-0.15, -0.1) is 0 Å². The summed E-state index contributed by atoms with van der Waals surface area (Å²) in [7, 11) is 0. The maximum absolute atomic E-state index is 11.1. The van der Waals surface area contributed by atoms with Crippen LogP contribution in [-0.4, -0.2) is 44.9 Å². The maximum Gasteiger partial charge on any atom is 0.321 e. The van der Waals surface area contributed by atoms with Gasteiger partial charge in [0.15, 0.2) is 0 Å². The molecule has 0 radical (unpaired) electrons. The fourth-order valence-corrected chi connectivity index (χ4v) is 0.803. The van der Waals surface area contributed by atoms with Crippen LogP contribution in [-0.2, 0) is 0 Å². The molecule has 0 saturated carbocycles. The predicted molar refractivity (Wildman–Crippen MR) is 47.5 cm³/mol. The van der Waals surface area contributed by atoms with Crippen LogP contribution in [0.15, 0.2) is 0 Å². The molecule has 0 saturated heterocycles. The van der Waals surface area contributed by atoms with Crippen molar-refractivity contribution < 1.29 is 9.90 Å². The Balaban J connectivity index is 2.11. The Morgan fingerprint density at radius 1 is 1.50 bits per heavy atom. The van der Waals surface area contributed by atoms with E-state index in [9.17, 15) is 4.79 Å². The van der Waals surface area contributed by atoms with E-state index in [0.29, 0.717) is 13.0 Å². The van der Waals surface area contributed by atoms with E-state index in [1.165, 1.54) is 0 Å². The van der Waals surface area contributed by atoms with Crippen LogP contribution in [0.5, 0.6) is 0 Å². The van der Waals surface area contributed by atoms with Gasteiger partial charge in [-0.2, -0.15) is 0 Å². The first-order valence-electron chi connectivity index (χ1n) is 4.22. The number of aromatic amines is 1. The average molecular weight is 200 g/mol. The van der Waals surface area contributed by atoms with Crippen LogP contribution in [0.25, 0.3) is 0 Å². The quantitative estimate of drug-likeness (QED) is 0.459. The molecule has 0 fully saturated rings. The minimum Gasteiger partial charge on any atom is -0.396 e. The SMILES string of the molecule is O=C(NCCCCO)Nc1nnn[nH]1. The van der Waals surface area contributed by atoms with Crippen molar-refractivity contribution in [3.05, 3.63) is 0 Å². The van der Waals surface area contributed by atoms with Crippen LogP contribution in [0.2, 0.25) is 0 Å². The number of nitrogens with one attached hydrogen (secondary N) is 3. The molecule has 1 aromatic rings. The molecule has 4 N–H and O–H groups in total. The fourth-order valence-electron chi connectivity index (χ4n) is 0.803. The zero-order valence-electron chi connectivity index (χ0n) is 7.53. The van der Waals surface area contributed by atoms with Crippen LogP contribution in [0.1, 0.15) is 12.8 Å². The number of hydrogen-bond acceptors (Lipinski definition) is 5. The monoisotopic (exact) mass is 200 g/mol. The molecule has 0 unspecified atom stereocenters. The molecule has 0 bridgehead atoms. The molecular formula is C6H12N6O2. The second-order valence-electron chi connectivity index (χ2n) is 2.56. The highest BCUT2D eigenvalue weighted by molar-refractivity contribution is 5.87. The number of aliphatic hydroxyl groups excluding tert-OH is 1. The lowest BCUT2D eigenvalue weighted by Gasteiger charge is -2.03. The molecular weight excluding hydrogens is 188 g/mol. The first kappa shape index (κ1) is 10.4. The molecule has 2 amide bonds. The lowest BCUT2D eigenvalue weighted by molar-refractivity contribution is 0.250. The summed E-state index contributed by atoms with van der Waals surface area (Å²) in [6.07, 6.45) is 1.41. The van der Waals surface area contributed by atoms with Crippen molar-refractivity contribution in [2.75, 3.05) is 18.5 Å². The smallest absolute Gasteiger partial charge is 0.321 e. The van der Waals surface area contributed by atoms with Gasteiger partial charge in [0.25, 0.3) is 0 Å². The van der Waals surface area contributed by atoms with Crippen molar-refractivity contribution in [2.24, 2.45) is 0 Å². The van der Waals surface area contributed by atoms with Gasteiger partial charge < -0.3 is 10.4 Å². The minimum atomic E-state index is -0.374. The van der Waals surface area contributed by atoms with Crippen molar-refractivity contribution in [3.63, 3.8) is 0 Å². The second kappa shape index (κ2) is 5.86.